The lowest BCUT2D eigenvalue weighted by Gasteiger charge is -2.20. The summed E-state index contributed by atoms with van der Waals surface area (Å²) in [6, 6.07) is 24.1. The van der Waals surface area contributed by atoms with Gasteiger partial charge in [-0.3, -0.25) is 9.69 Å². The van der Waals surface area contributed by atoms with Crippen molar-refractivity contribution in [2.45, 2.75) is 46.1 Å². The maximum atomic E-state index is 13.2. The number of carboxylic acids is 1. The molecule has 42 heavy (non-hydrogen) atoms. The molecule has 7 heteroatoms. The van der Waals surface area contributed by atoms with E-state index in [0.717, 1.165) is 51.2 Å². The number of hydrogen-bond acceptors (Lipinski definition) is 4. The second-order valence-electron chi connectivity index (χ2n) is 11.2. The van der Waals surface area contributed by atoms with Crippen LogP contribution >= 0.6 is 0 Å². The molecular weight excluding hydrogens is 528 g/mol. The first-order valence-corrected chi connectivity index (χ1v) is 14.2. The summed E-state index contributed by atoms with van der Waals surface area (Å²) < 4.78 is 11.8. The number of aryl methyl sites for hydroxylation is 3. The van der Waals surface area contributed by atoms with Gasteiger partial charge in [-0.15, -0.1) is 0 Å². The molecule has 0 radical (unpaired) electrons. The molecule has 0 aromatic heterocycles. The first-order chi connectivity index (χ1) is 20.2. The summed E-state index contributed by atoms with van der Waals surface area (Å²) >= 11 is 0. The number of hydrogen-bond donors (Lipinski definition) is 2. The van der Waals surface area contributed by atoms with E-state index in [4.69, 9.17) is 14.6 Å². The lowest BCUT2D eigenvalue weighted by molar-refractivity contribution is -0.137. The molecule has 1 atom stereocenters. The first-order valence-electron chi connectivity index (χ1n) is 14.2. The summed E-state index contributed by atoms with van der Waals surface area (Å²) in [6.07, 6.45) is 0.924. The fourth-order valence-corrected chi connectivity index (χ4v) is 6.13. The summed E-state index contributed by atoms with van der Waals surface area (Å²) in [6.45, 7) is 7.64. The van der Waals surface area contributed by atoms with Crippen LogP contribution in [-0.2, 0) is 17.8 Å². The van der Waals surface area contributed by atoms with Gasteiger partial charge in [0, 0.05) is 35.5 Å². The Morgan fingerprint density at radius 1 is 1.00 bits per heavy atom. The summed E-state index contributed by atoms with van der Waals surface area (Å²) in [7, 11) is 0. The van der Waals surface area contributed by atoms with Gasteiger partial charge < -0.3 is 19.9 Å². The Balaban J connectivity index is 1.14. The van der Waals surface area contributed by atoms with Crippen molar-refractivity contribution in [2.75, 3.05) is 23.4 Å². The first kappa shape index (κ1) is 27.4. The zero-order valence-corrected chi connectivity index (χ0v) is 24.1. The number of benzene rings is 4. The predicted molar refractivity (Wildman–Crippen MR) is 164 cm³/mol. The highest BCUT2D eigenvalue weighted by molar-refractivity contribution is 6.03. The molecule has 0 spiro atoms. The standard InChI is InChI=1S/C35H34N2O5/c1-21-7-10-31-25(13-21)11-12-37(31)35(40)36-28-14-22(2)34(23(3)15-28)26-6-4-5-24(16-26)19-41-29-8-9-30-27(17-33(38)39)20-42-32(30)18-29/h4-10,13-16,18,27H,11-12,17,19-20H2,1-3H3,(H,36,40)(H,38,39). The summed E-state index contributed by atoms with van der Waals surface area (Å²) in [5.41, 5.74) is 10.5. The fraction of sp³-hybridized carbons (Fsp3) is 0.257. The molecule has 2 heterocycles. The van der Waals surface area contributed by atoms with Crippen LogP contribution in [0.25, 0.3) is 11.1 Å². The van der Waals surface area contributed by atoms with Crippen molar-refractivity contribution in [3.8, 4) is 22.6 Å². The molecule has 0 fully saturated rings. The highest BCUT2D eigenvalue weighted by atomic mass is 16.5. The molecule has 6 rings (SSSR count). The quantitative estimate of drug-likeness (QED) is 0.245. The Bertz CT molecular complexity index is 1670. The lowest BCUT2D eigenvalue weighted by atomic mass is 9.94. The molecule has 0 aliphatic carbocycles. The van der Waals surface area contributed by atoms with Gasteiger partial charge in [-0.05, 0) is 90.9 Å². The third-order valence-electron chi connectivity index (χ3n) is 8.07. The Morgan fingerprint density at radius 2 is 1.81 bits per heavy atom. The molecule has 4 aromatic carbocycles. The Morgan fingerprint density at radius 3 is 2.60 bits per heavy atom. The van der Waals surface area contributed by atoms with Crippen LogP contribution in [0.15, 0.2) is 72.8 Å². The minimum Gasteiger partial charge on any atom is -0.492 e. The second-order valence-corrected chi connectivity index (χ2v) is 11.2. The zero-order valence-electron chi connectivity index (χ0n) is 24.1. The largest absolute Gasteiger partial charge is 0.492 e. The molecule has 7 nitrogen and oxygen atoms in total. The topological polar surface area (TPSA) is 88.1 Å². The number of rotatable bonds is 7. The van der Waals surface area contributed by atoms with Gasteiger partial charge in [-0.1, -0.05) is 42.0 Å². The van der Waals surface area contributed by atoms with Crippen LogP contribution in [0, 0.1) is 20.8 Å². The maximum Gasteiger partial charge on any atom is 0.326 e. The number of anilines is 2. The van der Waals surface area contributed by atoms with Crippen molar-refractivity contribution in [1.29, 1.82) is 0 Å². The number of nitrogens with one attached hydrogen (secondary N) is 1. The highest BCUT2D eigenvalue weighted by Gasteiger charge is 2.27. The van der Waals surface area contributed by atoms with Crippen molar-refractivity contribution in [3.05, 3.63) is 106 Å². The summed E-state index contributed by atoms with van der Waals surface area (Å²) in [5, 5.41) is 12.2. The van der Waals surface area contributed by atoms with E-state index in [1.165, 1.54) is 11.1 Å². The number of nitrogens with zero attached hydrogens (tertiary/aromatic N) is 1. The van der Waals surface area contributed by atoms with Gasteiger partial charge in [0.2, 0.25) is 0 Å². The van der Waals surface area contributed by atoms with Gasteiger partial charge in [0.25, 0.3) is 0 Å². The van der Waals surface area contributed by atoms with Gasteiger partial charge in [-0.2, -0.15) is 0 Å². The number of amides is 2. The van der Waals surface area contributed by atoms with Crippen molar-refractivity contribution in [3.63, 3.8) is 0 Å². The van der Waals surface area contributed by atoms with Gasteiger partial charge >= 0.3 is 12.0 Å². The van der Waals surface area contributed by atoms with Gasteiger partial charge in [0.1, 0.15) is 18.1 Å². The van der Waals surface area contributed by atoms with E-state index in [-0.39, 0.29) is 18.4 Å². The third-order valence-corrected chi connectivity index (χ3v) is 8.07. The molecule has 4 aromatic rings. The molecule has 0 bridgehead atoms. The maximum absolute atomic E-state index is 13.2. The molecule has 2 aliphatic rings. The molecule has 2 aliphatic heterocycles. The Kier molecular flexibility index (Phi) is 7.33. The van der Waals surface area contributed by atoms with E-state index in [0.29, 0.717) is 31.3 Å². The predicted octanol–water partition coefficient (Wildman–Crippen LogP) is 7.40. The highest BCUT2D eigenvalue weighted by Crippen LogP contribution is 2.39. The van der Waals surface area contributed by atoms with Gasteiger partial charge in [0.15, 0.2) is 0 Å². The Labute approximate surface area is 245 Å². The normalized spacial score (nSPS) is 15.1. The van der Waals surface area contributed by atoms with Gasteiger partial charge in [0.05, 0.1) is 13.0 Å². The smallest absolute Gasteiger partial charge is 0.326 e. The van der Waals surface area contributed by atoms with Gasteiger partial charge in [-0.25, -0.2) is 4.79 Å². The number of carboxylic acid groups (broad SMARTS) is 1. The van der Waals surface area contributed by atoms with Crippen LogP contribution in [-0.4, -0.2) is 30.3 Å². The molecule has 1 unspecified atom stereocenters. The zero-order chi connectivity index (χ0) is 29.4. The van der Waals surface area contributed by atoms with Crippen LogP contribution in [0.1, 0.15) is 45.7 Å². The van der Waals surface area contributed by atoms with E-state index >= 15 is 0 Å². The lowest BCUT2D eigenvalue weighted by Crippen LogP contribution is -2.33. The number of fused-ring (bicyclic) bond motifs is 2. The minimum atomic E-state index is -0.829. The van der Waals surface area contributed by atoms with Crippen LogP contribution in [0.5, 0.6) is 11.5 Å². The average Bonchev–Trinajstić information content (AvgIpc) is 3.55. The Hall–Kier alpha value is -4.78. The number of carbonyl (C=O) groups is 2. The number of ether oxygens (including phenoxy) is 2. The SMILES string of the molecule is Cc1ccc2c(c1)CCN2C(=O)Nc1cc(C)c(-c2cccc(COc3ccc4c(c3)OCC4CC(=O)O)c2)c(C)c1. The minimum absolute atomic E-state index is 0.0545. The van der Waals surface area contributed by atoms with E-state index in [1.807, 2.05) is 59.5 Å². The molecular formula is C35H34N2O5. The summed E-state index contributed by atoms with van der Waals surface area (Å²) in [4.78, 5) is 26.1. The van der Waals surface area contributed by atoms with Crippen LogP contribution < -0.4 is 19.7 Å². The molecule has 0 saturated heterocycles. The average molecular weight is 563 g/mol. The monoisotopic (exact) mass is 562 g/mol. The molecule has 2 N–H and O–H groups in total. The van der Waals surface area contributed by atoms with Crippen LogP contribution in [0.3, 0.4) is 0 Å². The number of urea groups is 1. The fourth-order valence-electron chi connectivity index (χ4n) is 6.13. The third kappa shape index (κ3) is 5.55. The molecule has 214 valence electrons. The van der Waals surface area contributed by atoms with Crippen LogP contribution in [0.4, 0.5) is 16.2 Å². The van der Waals surface area contributed by atoms with E-state index < -0.39 is 5.97 Å². The molecule has 0 saturated carbocycles. The summed E-state index contributed by atoms with van der Waals surface area (Å²) in [5.74, 6) is 0.411. The van der Waals surface area contributed by atoms with E-state index in [1.54, 1.807) is 0 Å². The van der Waals surface area contributed by atoms with E-state index in [9.17, 15) is 9.59 Å². The second kappa shape index (κ2) is 11.2. The van der Waals surface area contributed by atoms with Crippen molar-refractivity contribution < 1.29 is 24.2 Å². The number of carbonyl (C=O) groups excluding carboxylic acids is 1. The van der Waals surface area contributed by atoms with Crippen molar-refractivity contribution in [1.82, 2.24) is 0 Å². The van der Waals surface area contributed by atoms with Crippen molar-refractivity contribution in [2.24, 2.45) is 0 Å². The van der Waals surface area contributed by atoms with Crippen molar-refractivity contribution >= 4 is 23.4 Å². The van der Waals surface area contributed by atoms with Crippen LogP contribution in [0.2, 0.25) is 0 Å². The number of aliphatic carboxylic acids is 1. The van der Waals surface area contributed by atoms with E-state index in [2.05, 4.69) is 44.3 Å². The molecule has 2 amide bonds.